The van der Waals surface area contributed by atoms with Crippen molar-refractivity contribution in [2.24, 2.45) is 0 Å². The van der Waals surface area contributed by atoms with E-state index in [1.165, 1.54) is 221 Å². The molecule has 0 radical (unpaired) electrons. The van der Waals surface area contributed by atoms with Crippen LogP contribution in [0.4, 0.5) is 17.1 Å². The van der Waals surface area contributed by atoms with Crippen LogP contribution in [0.3, 0.4) is 0 Å². The number of rotatable bonds is 18. The molecule has 15 aromatic rings. The predicted molar refractivity (Wildman–Crippen MR) is 474 cm³/mol. The summed E-state index contributed by atoms with van der Waals surface area (Å²) in [6.45, 7) is 31.2. The highest BCUT2D eigenvalue weighted by molar-refractivity contribution is 6.22. The molecule has 20 rings (SSSR count). The van der Waals surface area contributed by atoms with Crippen LogP contribution in [0.25, 0.3) is 133 Å². The molecule has 0 fully saturated rings. The summed E-state index contributed by atoms with van der Waals surface area (Å²) in [4.78, 5) is 2.52. The van der Waals surface area contributed by atoms with Crippen LogP contribution in [0, 0.1) is 0 Å². The first-order valence-electron chi connectivity index (χ1n) is 42.1. The van der Waals surface area contributed by atoms with E-state index in [0.29, 0.717) is 0 Å². The first-order valence-corrected chi connectivity index (χ1v) is 42.1. The predicted octanol–water partition coefficient (Wildman–Crippen LogP) is 31.5. The molecule has 2 aromatic heterocycles. The highest BCUT2D eigenvalue weighted by Crippen LogP contribution is 2.65. The molecule has 556 valence electrons. The van der Waals surface area contributed by atoms with E-state index in [4.69, 9.17) is 8.83 Å². The van der Waals surface area contributed by atoms with Gasteiger partial charge in [0.1, 0.15) is 22.3 Å². The van der Waals surface area contributed by atoms with Crippen LogP contribution in [0.15, 0.2) is 251 Å². The summed E-state index contributed by atoms with van der Waals surface area (Å²) in [5.74, 6) is 0. The second-order valence-corrected chi connectivity index (χ2v) is 36.9. The molecule has 0 unspecified atom stereocenters. The van der Waals surface area contributed by atoms with Gasteiger partial charge in [0.2, 0.25) is 0 Å². The maximum absolute atomic E-state index is 7.16. The number of fused-ring (bicyclic) bond motifs is 25. The van der Waals surface area contributed by atoms with E-state index in [-0.39, 0.29) is 32.5 Å². The van der Waals surface area contributed by atoms with Crippen molar-refractivity contribution in [2.75, 3.05) is 4.90 Å². The zero-order valence-electron chi connectivity index (χ0n) is 67.8. The Morgan fingerprint density at radius 1 is 0.295 bits per heavy atom. The minimum absolute atomic E-state index is 0.0105. The number of unbranched alkanes of at least 4 members (excludes halogenated alkanes) is 8. The van der Waals surface area contributed by atoms with Gasteiger partial charge in [0.25, 0.3) is 0 Å². The van der Waals surface area contributed by atoms with Gasteiger partial charge in [-0.15, -0.1) is 0 Å². The Morgan fingerprint density at radius 3 is 1.30 bits per heavy atom. The Kier molecular flexibility index (Phi) is 16.1. The van der Waals surface area contributed by atoms with E-state index in [1.54, 1.807) is 11.1 Å². The average Bonchev–Trinajstić information content (AvgIpc) is 1.50. The van der Waals surface area contributed by atoms with Gasteiger partial charge in [-0.3, -0.25) is 0 Å². The van der Waals surface area contributed by atoms with E-state index in [0.717, 1.165) is 55.9 Å². The van der Waals surface area contributed by atoms with Crippen molar-refractivity contribution in [1.82, 2.24) is 0 Å². The molecule has 5 aliphatic rings. The Balaban J connectivity index is 0.642. The molecule has 112 heavy (non-hydrogen) atoms. The smallest absolute Gasteiger partial charge is 0.144 e. The molecule has 0 bridgehead atoms. The van der Waals surface area contributed by atoms with Crippen molar-refractivity contribution in [3.05, 3.63) is 304 Å². The van der Waals surface area contributed by atoms with E-state index in [1.807, 2.05) is 0 Å². The molecule has 0 saturated heterocycles. The van der Waals surface area contributed by atoms with Crippen molar-refractivity contribution in [3.63, 3.8) is 0 Å². The lowest BCUT2D eigenvalue weighted by Crippen LogP contribution is -2.25. The van der Waals surface area contributed by atoms with E-state index in [2.05, 4.69) is 338 Å². The molecule has 0 saturated carbocycles. The normalized spacial score (nSPS) is 15.6. The molecule has 0 spiro atoms. The summed E-state index contributed by atoms with van der Waals surface area (Å²) < 4.78 is 14.3. The fourth-order valence-corrected chi connectivity index (χ4v) is 22.0. The van der Waals surface area contributed by atoms with Crippen LogP contribution in [-0.2, 0) is 32.5 Å². The monoisotopic (exact) mass is 1460 g/mol. The Morgan fingerprint density at radius 2 is 0.705 bits per heavy atom. The van der Waals surface area contributed by atoms with Gasteiger partial charge in [0, 0.05) is 76.8 Å². The van der Waals surface area contributed by atoms with Crippen LogP contribution < -0.4 is 4.90 Å². The molecular formula is C109H103NO2. The van der Waals surface area contributed by atoms with Gasteiger partial charge in [-0.05, 0) is 230 Å². The third kappa shape index (κ3) is 10.4. The number of para-hydroxylation sites is 2. The first kappa shape index (κ1) is 70.4. The van der Waals surface area contributed by atoms with Crippen LogP contribution in [0.2, 0.25) is 0 Å². The number of nitrogens with zero attached hydrogens (tertiary/aromatic N) is 1. The zero-order valence-corrected chi connectivity index (χ0v) is 67.8. The largest absolute Gasteiger partial charge is 0.455 e. The molecule has 5 aliphatic carbocycles. The number of furan rings is 2. The van der Waals surface area contributed by atoms with Crippen LogP contribution in [0.1, 0.15) is 228 Å². The molecule has 0 amide bonds. The summed E-state index contributed by atoms with van der Waals surface area (Å²) >= 11 is 0. The van der Waals surface area contributed by atoms with Crippen molar-refractivity contribution in [3.8, 4) is 89.0 Å². The molecule has 3 heteroatoms. The lowest BCUT2D eigenvalue weighted by molar-refractivity contribution is 0.399. The second-order valence-electron chi connectivity index (χ2n) is 36.9. The molecule has 0 atom stereocenters. The van der Waals surface area contributed by atoms with Gasteiger partial charge in [-0.1, -0.05) is 324 Å². The maximum Gasteiger partial charge on any atom is 0.144 e. The average molecular weight is 1460 g/mol. The lowest BCUT2D eigenvalue weighted by Gasteiger charge is -2.33. The SMILES string of the molecule is CCCCCCCC1(CCCCCCC)c2ccccc2-c2ccc(-c3ccc4c(c3)C(C)(C)c3cc(-c5ccc(-c6cc7c(c8c6oc6ccccc68)-c6ccc(N(c8ccc(C(C)(C)C)cc8)c8ccc9c(c8)C(C)(C)c8c%10c(c%11c(oc%12ccccc%12%11)c8-9)-c8ccccc8C%10(C)C)cc6C7(C)C)cc5)ccc3-4)cc21. The topological polar surface area (TPSA) is 29.5 Å². The van der Waals surface area contributed by atoms with Crippen LogP contribution in [-0.4, -0.2) is 0 Å². The fraction of sp³-hybridized carbons (Fsp3) is 0.284. The summed E-state index contributed by atoms with van der Waals surface area (Å²) in [7, 11) is 0. The molecule has 3 nitrogen and oxygen atoms in total. The van der Waals surface area contributed by atoms with Crippen molar-refractivity contribution in [2.45, 2.75) is 200 Å². The van der Waals surface area contributed by atoms with Gasteiger partial charge < -0.3 is 13.7 Å². The zero-order chi connectivity index (χ0) is 76.7. The minimum atomic E-state index is -0.385. The number of benzene rings is 13. The van der Waals surface area contributed by atoms with Gasteiger partial charge in [0.15, 0.2) is 0 Å². The second kappa shape index (κ2) is 25.6. The number of hydrogen-bond acceptors (Lipinski definition) is 3. The summed E-state index contributed by atoms with van der Waals surface area (Å²) in [5, 5.41) is 4.72. The Hall–Kier alpha value is -10.7. The molecule has 0 aliphatic heterocycles. The Labute approximate surface area is 662 Å². The quantitative estimate of drug-likeness (QED) is 0.0802. The lowest BCUT2D eigenvalue weighted by atomic mass is 9.70. The van der Waals surface area contributed by atoms with Crippen molar-refractivity contribution >= 4 is 60.9 Å². The number of anilines is 3. The summed E-state index contributed by atoms with van der Waals surface area (Å²) in [5.41, 5.74) is 41.8. The molecular weight excluding hydrogens is 1360 g/mol. The van der Waals surface area contributed by atoms with E-state index in [9.17, 15) is 0 Å². The van der Waals surface area contributed by atoms with Crippen molar-refractivity contribution < 1.29 is 8.83 Å². The molecule has 2 heterocycles. The van der Waals surface area contributed by atoms with Gasteiger partial charge in [0.05, 0.1) is 0 Å². The van der Waals surface area contributed by atoms with Gasteiger partial charge >= 0.3 is 0 Å². The minimum Gasteiger partial charge on any atom is -0.455 e. The van der Waals surface area contributed by atoms with Crippen molar-refractivity contribution in [1.29, 1.82) is 0 Å². The van der Waals surface area contributed by atoms with E-state index < -0.39 is 0 Å². The van der Waals surface area contributed by atoms with Crippen LogP contribution in [0.5, 0.6) is 0 Å². The summed E-state index contributed by atoms with van der Waals surface area (Å²) in [6.07, 6.45) is 15.5. The fourth-order valence-electron chi connectivity index (χ4n) is 22.0. The Bertz CT molecular complexity index is 6370. The standard InChI is InChI=1S/C109H103NO2/c1-14-16-18-20-30-58-109(59-31-21-19-17-15-2)86-37-27-22-32-75(86)78-55-46-70(62-91(78)109)69-45-54-77-76-53-44-68(60-87(76)105(6,7)88(77)61-69)66-40-42-67(43-41-66)84-65-92-95(97-82-34-24-28-38-93(82)111-102(84)97)80-56-51-73(63-89(80)106(92,8)9)110(72-49-47-71(48-50-72)104(3,4)5)74-52-57-81-90(64-74)108(12,13)101-99(81)103-98(83-35-25-29-39-94(83)112-103)96-79-33-23-26-36-85(79)107(10,11)100(96)101/h22-29,32-57,60-65H,14-21,30-31,58-59H2,1-13H3. The molecule has 0 N–H and O–H groups in total. The van der Waals surface area contributed by atoms with E-state index >= 15 is 0 Å². The van der Waals surface area contributed by atoms with Gasteiger partial charge in [-0.2, -0.15) is 0 Å². The highest BCUT2D eigenvalue weighted by Gasteiger charge is 2.50. The third-order valence-electron chi connectivity index (χ3n) is 27.9. The summed E-state index contributed by atoms with van der Waals surface area (Å²) in [6, 6.07) is 93.8. The van der Waals surface area contributed by atoms with Crippen LogP contribution >= 0.6 is 0 Å². The maximum atomic E-state index is 7.16. The molecule has 13 aromatic carbocycles. The van der Waals surface area contributed by atoms with Gasteiger partial charge in [-0.25, -0.2) is 0 Å². The first-order chi connectivity index (χ1) is 54.1. The highest BCUT2D eigenvalue weighted by atomic mass is 16.3. The number of hydrogen-bond donors (Lipinski definition) is 0. The third-order valence-corrected chi connectivity index (χ3v) is 27.9.